The van der Waals surface area contributed by atoms with Crippen molar-refractivity contribution in [1.82, 2.24) is 15.5 Å². The molecule has 0 radical (unpaired) electrons. The number of allylic oxidation sites excluding steroid dienone is 2. The first-order valence-corrected chi connectivity index (χ1v) is 10.7. The molecular formula is C23H31IN4O3. The number of hydrogen-bond donors (Lipinski definition) is 2. The van der Waals surface area contributed by atoms with Crippen LogP contribution in [0.2, 0.25) is 0 Å². The van der Waals surface area contributed by atoms with Crippen molar-refractivity contribution < 1.29 is 14.3 Å². The highest BCUT2D eigenvalue weighted by atomic mass is 127. The molecule has 2 amide bonds. The van der Waals surface area contributed by atoms with Gasteiger partial charge < -0.3 is 15.4 Å². The van der Waals surface area contributed by atoms with E-state index in [1.165, 1.54) is 10.5 Å². The monoisotopic (exact) mass is 538 g/mol. The van der Waals surface area contributed by atoms with Crippen LogP contribution in [0.4, 0.5) is 0 Å². The highest BCUT2D eigenvalue weighted by molar-refractivity contribution is 14.0. The molecule has 31 heavy (non-hydrogen) atoms. The van der Waals surface area contributed by atoms with Crippen LogP contribution >= 0.6 is 24.0 Å². The Kier molecular flexibility index (Phi) is 7.96. The van der Waals surface area contributed by atoms with Crippen molar-refractivity contribution in [3.05, 3.63) is 42.0 Å². The van der Waals surface area contributed by atoms with Crippen LogP contribution in [0.3, 0.4) is 0 Å². The van der Waals surface area contributed by atoms with Gasteiger partial charge in [0.05, 0.1) is 18.9 Å². The highest BCUT2D eigenvalue weighted by Crippen LogP contribution is 2.52. The lowest BCUT2D eigenvalue weighted by atomic mass is 9.85. The van der Waals surface area contributed by atoms with Crippen molar-refractivity contribution in [2.24, 2.45) is 28.7 Å². The van der Waals surface area contributed by atoms with Gasteiger partial charge in [0.15, 0.2) is 5.96 Å². The average Bonchev–Trinajstić information content (AvgIpc) is 3.45. The van der Waals surface area contributed by atoms with Crippen molar-refractivity contribution >= 4 is 41.8 Å². The van der Waals surface area contributed by atoms with Crippen LogP contribution in [-0.2, 0) is 16.0 Å². The number of nitrogens with zero attached hydrogens (tertiary/aromatic N) is 2. The number of halogens is 1. The van der Waals surface area contributed by atoms with Crippen LogP contribution in [0, 0.1) is 23.7 Å². The minimum atomic E-state index is -0.104. The first-order chi connectivity index (χ1) is 14.6. The second-order valence-electron chi connectivity index (χ2n) is 8.21. The summed E-state index contributed by atoms with van der Waals surface area (Å²) in [5.41, 5.74) is 1.22. The molecule has 1 aromatic carbocycles. The first-order valence-electron chi connectivity index (χ1n) is 10.7. The number of fused-ring (bicyclic) bond motifs is 5. The van der Waals surface area contributed by atoms with Gasteiger partial charge in [-0.05, 0) is 48.8 Å². The molecule has 2 fully saturated rings. The number of methoxy groups -OCH3 is 1. The molecule has 4 unspecified atom stereocenters. The fourth-order valence-electron chi connectivity index (χ4n) is 4.97. The number of aliphatic imine (C=N–C) groups is 1. The summed E-state index contributed by atoms with van der Waals surface area (Å²) in [6.45, 7) is 1.88. The van der Waals surface area contributed by atoms with Crippen LogP contribution in [0.25, 0.3) is 0 Å². The van der Waals surface area contributed by atoms with E-state index >= 15 is 0 Å². The van der Waals surface area contributed by atoms with Gasteiger partial charge in [-0.1, -0.05) is 24.3 Å². The Morgan fingerprint density at radius 1 is 1.06 bits per heavy atom. The smallest absolute Gasteiger partial charge is 0.233 e. The van der Waals surface area contributed by atoms with Crippen LogP contribution in [0.15, 0.2) is 41.4 Å². The molecule has 2 aliphatic carbocycles. The lowest BCUT2D eigenvalue weighted by Gasteiger charge is -2.18. The molecule has 3 aliphatic rings. The molecule has 2 N–H and O–H groups in total. The predicted molar refractivity (Wildman–Crippen MR) is 131 cm³/mol. The van der Waals surface area contributed by atoms with E-state index in [0.717, 1.165) is 31.1 Å². The molecule has 1 aliphatic heterocycles. The molecule has 0 aromatic heterocycles. The minimum absolute atomic E-state index is 0. The first kappa shape index (κ1) is 23.6. The van der Waals surface area contributed by atoms with E-state index in [-0.39, 0.29) is 59.5 Å². The maximum Gasteiger partial charge on any atom is 0.233 e. The second kappa shape index (κ2) is 10.5. The van der Waals surface area contributed by atoms with Gasteiger partial charge in [0, 0.05) is 26.7 Å². The standard InChI is InChI=1S/C23H30N4O3.HI/c1-24-23(26-12-10-15-4-8-18(30-2)9-5-15)25-11-3-13-27-21(28)19-16-6-7-17(14-16)20(19)22(27)29;/h4-9,16-17,19-20H,3,10-14H2,1-2H3,(H2,24,25,26);1H. The van der Waals surface area contributed by atoms with Gasteiger partial charge in [-0.3, -0.25) is 19.5 Å². The summed E-state index contributed by atoms with van der Waals surface area (Å²) in [5, 5.41) is 6.56. The Balaban J connectivity index is 0.00000272. The number of benzene rings is 1. The fraction of sp³-hybridized carbons (Fsp3) is 0.522. The summed E-state index contributed by atoms with van der Waals surface area (Å²) in [6.07, 6.45) is 6.81. The van der Waals surface area contributed by atoms with Gasteiger partial charge in [0.2, 0.25) is 11.8 Å². The molecule has 7 nitrogen and oxygen atoms in total. The molecule has 168 valence electrons. The summed E-state index contributed by atoms with van der Waals surface area (Å²) in [6, 6.07) is 8.02. The highest BCUT2D eigenvalue weighted by Gasteiger charge is 2.58. The van der Waals surface area contributed by atoms with Gasteiger partial charge in [0.25, 0.3) is 0 Å². The SMILES string of the molecule is CN=C(NCCCN1C(=O)C2C3C=CC(C3)C2C1=O)NCCc1ccc(OC)cc1.I. The van der Waals surface area contributed by atoms with Crippen LogP contribution in [0.5, 0.6) is 5.75 Å². The molecule has 0 spiro atoms. The lowest BCUT2D eigenvalue weighted by Crippen LogP contribution is -2.40. The Labute approximate surface area is 200 Å². The van der Waals surface area contributed by atoms with Gasteiger partial charge >= 0.3 is 0 Å². The Bertz CT molecular complexity index is 825. The fourth-order valence-corrected chi connectivity index (χ4v) is 4.97. The van der Waals surface area contributed by atoms with Crippen LogP contribution in [0.1, 0.15) is 18.4 Å². The number of amides is 2. The Morgan fingerprint density at radius 3 is 2.26 bits per heavy atom. The summed E-state index contributed by atoms with van der Waals surface area (Å²) < 4.78 is 5.18. The van der Waals surface area contributed by atoms with E-state index < -0.39 is 0 Å². The third-order valence-electron chi connectivity index (χ3n) is 6.50. The van der Waals surface area contributed by atoms with Crippen molar-refractivity contribution in [2.75, 3.05) is 33.8 Å². The van der Waals surface area contributed by atoms with E-state index in [2.05, 4.69) is 39.9 Å². The molecule has 8 heteroatoms. The van der Waals surface area contributed by atoms with Crippen molar-refractivity contribution in [1.29, 1.82) is 0 Å². The van der Waals surface area contributed by atoms with Crippen molar-refractivity contribution in [3.8, 4) is 5.75 Å². The van der Waals surface area contributed by atoms with Crippen LogP contribution in [-0.4, -0.2) is 56.5 Å². The van der Waals surface area contributed by atoms with Crippen molar-refractivity contribution in [2.45, 2.75) is 19.3 Å². The zero-order chi connectivity index (χ0) is 21.1. The number of imide groups is 1. The molecule has 1 saturated heterocycles. The molecule has 1 saturated carbocycles. The molecular weight excluding hydrogens is 507 g/mol. The number of ether oxygens (including phenoxy) is 1. The zero-order valence-corrected chi connectivity index (χ0v) is 20.4. The van der Waals surface area contributed by atoms with Gasteiger partial charge in [0.1, 0.15) is 5.75 Å². The zero-order valence-electron chi connectivity index (χ0n) is 18.0. The quantitative estimate of drug-likeness (QED) is 0.133. The van der Waals surface area contributed by atoms with Crippen molar-refractivity contribution in [3.63, 3.8) is 0 Å². The second-order valence-corrected chi connectivity index (χ2v) is 8.21. The Morgan fingerprint density at radius 2 is 1.68 bits per heavy atom. The van der Waals surface area contributed by atoms with E-state index in [0.29, 0.717) is 19.5 Å². The predicted octanol–water partition coefficient (Wildman–Crippen LogP) is 2.22. The maximum atomic E-state index is 12.7. The van der Waals surface area contributed by atoms with E-state index in [4.69, 9.17) is 4.74 Å². The number of guanidine groups is 1. The van der Waals surface area contributed by atoms with Gasteiger partial charge in [-0.15, -0.1) is 24.0 Å². The van der Waals surface area contributed by atoms with E-state index in [1.54, 1.807) is 14.2 Å². The van der Waals surface area contributed by atoms with Gasteiger partial charge in [-0.2, -0.15) is 0 Å². The number of rotatable bonds is 8. The summed E-state index contributed by atoms with van der Waals surface area (Å²) in [4.78, 5) is 31.1. The lowest BCUT2D eigenvalue weighted by molar-refractivity contribution is -0.140. The molecule has 1 aromatic rings. The number of carbonyl (C=O) groups is 2. The van der Waals surface area contributed by atoms with E-state index in [9.17, 15) is 9.59 Å². The summed E-state index contributed by atoms with van der Waals surface area (Å²) in [7, 11) is 3.40. The third-order valence-corrected chi connectivity index (χ3v) is 6.50. The average molecular weight is 538 g/mol. The van der Waals surface area contributed by atoms with Gasteiger partial charge in [-0.25, -0.2) is 0 Å². The summed E-state index contributed by atoms with van der Waals surface area (Å²) >= 11 is 0. The molecule has 2 bridgehead atoms. The topological polar surface area (TPSA) is 83.0 Å². The minimum Gasteiger partial charge on any atom is -0.497 e. The number of nitrogens with one attached hydrogen (secondary N) is 2. The molecule has 4 rings (SSSR count). The number of hydrogen-bond acceptors (Lipinski definition) is 4. The molecule has 1 heterocycles. The normalized spacial score (nSPS) is 26.1. The molecule has 4 atom stereocenters. The third kappa shape index (κ3) is 4.88. The largest absolute Gasteiger partial charge is 0.497 e. The number of likely N-dealkylation sites (tertiary alicyclic amines) is 1. The Hall–Kier alpha value is -2.10. The number of carbonyl (C=O) groups excluding carboxylic acids is 2. The van der Waals surface area contributed by atoms with Crippen LogP contribution < -0.4 is 15.4 Å². The van der Waals surface area contributed by atoms with E-state index in [1.807, 2.05) is 12.1 Å². The maximum absolute atomic E-state index is 12.7. The summed E-state index contributed by atoms with van der Waals surface area (Å²) in [5.74, 6) is 1.98.